The van der Waals surface area contributed by atoms with Crippen LogP contribution in [0.4, 0.5) is 5.69 Å². The molecule has 0 saturated heterocycles. The van der Waals surface area contributed by atoms with Gasteiger partial charge in [-0.05, 0) is 24.6 Å². The number of carbonyl (C=O) groups is 2. The average molecular weight is 235 g/mol. The van der Waals surface area contributed by atoms with E-state index in [4.69, 9.17) is 5.11 Å². The maximum atomic E-state index is 11.1. The second-order valence-corrected chi connectivity index (χ2v) is 3.26. The van der Waals surface area contributed by atoms with E-state index in [1.54, 1.807) is 0 Å². The molecule has 0 fully saturated rings. The SMILES string of the molecule is CC(=O)c1ccc(C=CC(=O)O)cc1[N+](=O)[O-]. The first kappa shape index (κ1) is 12.6. The van der Waals surface area contributed by atoms with Crippen molar-refractivity contribution in [1.82, 2.24) is 0 Å². The summed E-state index contributed by atoms with van der Waals surface area (Å²) < 4.78 is 0. The first-order valence-electron chi connectivity index (χ1n) is 4.62. The number of Topliss-reactive ketones (excluding diaryl/α,β-unsaturated/α-hetero) is 1. The van der Waals surface area contributed by atoms with Gasteiger partial charge in [0.25, 0.3) is 5.69 Å². The average Bonchev–Trinajstić information content (AvgIpc) is 2.25. The lowest BCUT2D eigenvalue weighted by Crippen LogP contribution is -2.00. The van der Waals surface area contributed by atoms with E-state index in [1.165, 1.54) is 25.1 Å². The minimum atomic E-state index is -1.15. The van der Waals surface area contributed by atoms with Crippen molar-refractivity contribution in [1.29, 1.82) is 0 Å². The molecule has 0 saturated carbocycles. The molecule has 0 aliphatic rings. The van der Waals surface area contributed by atoms with Crippen LogP contribution in [0.15, 0.2) is 24.3 Å². The molecule has 17 heavy (non-hydrogen) atoms. The summed E-state index contributed by atoms with van der Waals surface area (Å²) in [6.45, 7) is 1.23. The van der Waals surface area contributed by atoms with Crippen LogP contribution in [-0.4, -0.2) is 21.8 Å². The second-order valence-electron chi connectivity index (χ2n) is 3.26. The Morgan fingerprint density at radius 1 is 1.41 bits per heavy atom. The zero-order chi connectivity index (χ0) is 13.0. The van der Waals surface area contributed by atoms with E-state index in [1.807, 2.05) is 0 Å². The number of benzene rings is 1. The summed E-state index contributed by atoms with van der Waals surface area (Å²) in [4.78, 5) is 31.5. The molecular formula is C11H9NO5. The molecule has 0 bridgehead atoms. The molecule has 0 atom stereocenters. The van der Waals surface area contributed by atoms with Crippen molar-refractivity contribution in [3.63, 3.8) is 0 Å². The Hall–Kier alpha value is -2.50. The molecule has 0 aromatic heterocycles. The van der Waals surface area contributed by atoms with E-state index >= 15 is 0 Å². The van der Waals surface area contributed by atoms with Crippen molar-refractivity contribution in [3.05, 3.63) is 45.5 Å². The molecule has 0 radical (unpaired) electrons. The molecular weight excluding hydrogens is 226 g/mol. The minimum Gasteiger partial charge on any atom is -0.478 e. The molecule has 0 amide bonds. The Kier molecular flexibility index (Phi) is 3.71. The van der Waals surface area contributed by atoms with Crippen molar-refractivity contribution in [2.45, 2.75) is 6.92 Å². The number of ketones is 1. The van der Waals surface area contributed by atoms with Gasteiger partial charge in [0.15, 0.2) is 5.78 Å². The predicted molar refractivity (Wildman–Crippen MR) is 59.8 cm³/mol. The number of nitro groups is 1. The van der Waals surface area contributed by atoms with Crippen LogP contribution in [0.25, 0.3) is 6.08 Å². The fourth-order valence-corrected chi connectivity index (χ4v) is 1.27. The van der Waals surface area contributed by atoms with Crippen LogP contribution in [0.2, 0.25) is 0 Å². The molecule has 0 aliphatic heterocycles. The molecule has 0 spiro atoms. The lowest BCUT2D eigenvalue weighted by Gasteiger charge is -2.00. The Labute approximate surface area is 96.3 Å². The minimum absolute atomic E-state index is 0.00229. The van der Waals surface area contributed by atoms with Gasteiger partial charge in [0.1, 0.15) is 0 Å². The molecule has 6 heteroatoms. The van der Waals surface area contributed by atoms with Gasteiger partial charge in [0, 0.05) is 12.1 Å². The van der Waals surface area contributed by atoms with E-state index in [-0.39, 0.29) is 11.3 Å². The Morgan fingerprint density at radius 3 is 2.53 bits per heavy atom. The summed E-state index contributed by atoms with van der Waals surface area (Å²) >= 11 is 0. The number of carboxylic acid groups (broad SMARTS) is 1. The quantitative estimate of drug-likeness (QED) is 0.372. The maximum absolute atomic E-state index is 11.1. The van der Waals surface area contributed by atoms with Gasteiger partial charge in [-0.1, -0.05) is 6.07 Å². The molecule has 88 valence electrons. The van der Waals surface area contributed by atoms with Crippen LogP contribution < -0.4 is 0 Å². The van der Waals surface area contributed by atoms with Crippen molar-refractivity contribution in [3.8, 4) is 0 Å². The number of rotatable bonds is 4. The normalized spacial score (nSPS) is 10.4. The van der Waals surface area contributed by atoms with Crippen LogP contribution >= 0.6 is 0 Å². The fourth-order valence-electron chi connectivity index (χ4n) is 1.27. The molecule has 0 heterocycles. The van der Waals surface area contributed by atoms with Crippen LogP contribution in [0.3, 0.4) is 0 Å². The molecule has 0 unspecified atom stereocenters. The van der Waals surface area contributed by atoms with Gasteiger partial charge in [0.2, 0.25) is 0 Å². The van der Waals surface area contributed by atoms with E-state index in [2.05, 4.69) is 0 Å². The third-order valence-corrected chi connectivity index (χ3v) is 2.02. The summed E-state index contributed by atoms with van der Waals surface area (Å²) in [5, 5.41) is 19.2. The van der Waals surface area contributed by atoms with Gasteiger partial charge in [-0.25, -0.2) is 4.79 Å². The first-order chi connectivity index (χ1) is 7.91. The second kappa shape index (κ2) is 5.02. The summed E-state index contributed by atoms with van der Waals surface area (Å²) in [6.07, 6.45) is 2.09. The van der Waals surface area contributed by atoms with E-state index in [0.717, 1.165) is 12.1 Å². The Bertz CT molecular complexity index is 519. The third kappa shape index (κ3) is 3.23. The van der Waals surface area contributed by atoms with Gasteiger partial charge < -0.3 is 5.11 Å². The van der Waals surface area contributed by atoms with Gasteiger partial charge in [0.05, 0.1) is 10.5 Å². The molecule has 0 aliphatic carbocycles. The molecule has 1 rings (SSSR count). The third-order valence-electron chi connectivity index (χ3n) is 2.02. The highest BCUT2D eigenvalue weighted by molar-refractivity contribution is 5.98. The van der Waals surface area contributed by atoms with Crippen LogP contribution in [0.5, 0.6) is 0 Å². The molecule has 1 aromatic carbocycles. The lowest BCUT2D eigenvalue weighted by atomic mass is 10.1. The summed E-state index contributed by atoms with van der Waals surface area (Å²) in [5.74, 6) is -1.56. The van der Waals surface area contributed by atoms with Crippen molar-refractivity contribution in [2.75, 3.05) is 0 Å². The number of nitrogens with zero attached hydrogens (tertiary/aromatic N) is 1. The Morgan fingerprint density at radius 2 is 2.06 bits per heavy atom. The molecule has 6 nitrogen and oxygen atoms in total. The summed E-state index contributed by atoms with van der Waals surface area (Å²) in [6, 6.07) is 3.92. The first-order valence-corrected chi connectivity index (χ1v) is 4.62. The number of hydrogen-bond acceptors (Lipinski definition) is 4. The van der Waals surface area contributed by atoms with Crippen molar-refractivity contribution < 1.29 is 19.6 Å². The zero-order valence-electron chi connectivity index (χ0n) is 8.91. The monoisotopic (exact) mass is 235 g/mol. The van der Waals surface area contributed by atoms with Crippen molar-refractivity contribution in [2.24, 2.45) is 0 Å². The smallest absolute Gasteiger partial charge is 0.328 e. The Balaban J connectivity index is 3.23. The van der Waals surface area contributed by atoms with Crippen LogP contribution in [0, 0.1) is 10.1 Å². The van der Waals surface area contributed by atoms with Gasteiger partial charge in [-0.15, -0.1) is 0 Å². The number of carboxylic acids is 1. The zero-order valence-corrected chi connectivity index (χ0v) is 8.91. The van der Waals surface area contributed by atoms with Gasteiger partial charge in [-0.2, -0.15) is 0 Å². The highest BCUT2D eigenvalue weighted by Crippen LogP contribution is 2.21. The number of hydrogen-bond donors (Lipinski definition) is 1. The lowest BCUT2D eigenvalue weighted by molar-refractivity contribution is -0.385. The number of aliphatic carboxylic acids is 1. The predicted octanol–water partition coefficient (Wildman–Crippen LogP) is 1.90. The van der Waals surface area contributed by atoms with Gasteiger partial charge >= 0.3 is 5.97 Å². The van der Waals surface area contributed by atoms with E-state index in [9.17, 15) is 19.7 Å². The van der Waals surface area contributed by atoms with Crippen molar-refractivity contribution >= 4 is 23.5 Å². The van der Waals surface area contributed by atoms with E-state index < -0.39 is 16.7 Å². The van der Waals surface area contributed by atoms with Crippen LogP contribution in [0.1, 0.15) is 22.8 Å². The maximum Gasteiger partial charge on any atom is 0.328 e. The summed E-state index contributed by atoms with van der Waals surface area (Å²) in [7, 11) is 0. The molecule has 1 N–H and O–H groups in total. The van der Waals surface area contributed by atoms with Gasteiger partial charge in [-0.3, -0.25) is 14.9 Å². The fraction of sp³-hybridized carbons (Fsp3) is 0.0909. The number of nitro benzene ring substituents is 1. The highest BCUT2D eigenvalue weighted by atomic mass is 16.6. The largest absolute Gasteiger partial charge is 0.478 e. The molecule has 1 aromatic rings. The highest BCUT2D eigenvalue weighted by Gasteiger charge is 2.17. The topological polar surface area (TPSA) is 97.5 Å². The van der Waals surface area contributed by atoms with E-state index in [0.29, 0.717) is 5.56 Å². The number of carbonyl (C=O) groups excluding carboxylic acids is 1. The standard InChI is InChI=1S/C11H9NO5/c1-7(13)9-4-2-8(3-5-11(14)15)6-10(9)12(16)17/h2-6H,1H3,(H,14,15). The van der Waals surface area contributed by atoms with Crippen LogP contribution in [-0.2, 0) is 4.79 Å². The summed E-state index contributed by atoms with van der Waals surface area (Å²) in [5.41, 5.74) is 0.0246.